The molecule has 0 aromatic heterocycles. The van der Waals surface area contributed by atoms with Gasteiger partial charge in [0.15, 0.2) is 0 Å². The Morgan fingerprint density at radius 1 is 1.26 bits per heavy atom. The highest BCUT2D eigenvalue weighted by Gasteiger charge is 2.18. The van der Waals surface area contributed by atoms with Crippen molar-refractivity contribution in [3.05, 3.63) is 23.3 Å². The summed E-state index contributed by atoms with van der Waals surface area (Å²) in [5, 5.41) is 8.57. The molecule has 0 heterocycles. The van der Waals surface area contributed by atoms with Crippen LogP contribution in [0.1, 0.15) is 30.4 Å². The molecule has 0 atom stereocenters. The highest BCUT2D eigenvalue weighted by atomic mass is 19.3. The van der Waals surface area contributed by atoms with Gasteiger partial charge in [0.05, 0.1) is 19.8 Å². The molecule has 19 heavy (non-hydrogen) atoms. The standard InChI is InChI=1S/C13H16F2O4/c1-18-10-7-11(19-2)9(13(14)15)6-8(10)4-3-5-12(16)17/h6-7,13H,3-5H2,1-2H3,(H,16,17). The average molecular weight is 274 g/mol. The molecule has 1 rings (SSSR count). The molecule has 0 aliphatic carbocycles. The van der Waals surface area contributed by atoms with Crippen LogP contribution in [-0.2, 0) is 11.2 Å². The number of ether oxygens (including phenoxy) is 2. The third-order valence-electron chi connectivity index (χ3n) is 2.70. The van der Waals surface area contributed by atoms with Crippen molar-refractivity contribution < 1.29 is 28.2 Å². The Morgan fingerprint density at radius 3 is 2.37 bits per heavy atom. The Bertz CT molecular complexity index is 447. The summed E-state index contributed by atoms with van der Waals surface area (Å²) in [5.41, 5.74) is 0.341. The highest BCUT2D eigenvalue weighted by molar-refractivity contribution is 5.66. The minimum atomic E-state index is -2.65. The number of carbonyl (C=O) groups is 1. The van der Waals surface area contributed by atoms with Gasteiger partial charge in [-0.25, -0.2) is 8.78 Å². The van der Waals surface area contributed by atoms with Crippen LogP contribution in [0.2, 0.25) is 0 Å². The summed E-state index contributed by atoms with van der Waals surface area (Å²) in [6.45, 7) is 0. The number of methoxy groups -OCH3 is 2. The van der Waals surface area contributed by atoms with Crippen LogP contribution in [0.25, 0.3) is 0 Å². The first-order valence-electron chi connectivity index (χ1n) is 5.74. The minimum Gasteiger partial charge on any atom is -0.496 e. The number of rotatable bonds is 7. The first kappa shape index (κ1) is 15.2. The van der Waals surface area contributed by atoms with Crippen LogP contribution < -0.4 is 9.47 Å². The van der Waals surface area contributed by atoms with Crippen LogP contribution in [0.3, 0.4) is 0 Å². The summed E-state index contributed by atoms with van der Waals surface area (Å²) in [6.07, 6.45) is -1.95. The lowest BCUT2D eigenvalue weighted by Gasteiger charge is -2.14. The van der Waals surface area contributed by atoms with Crippen LogP contribution in [0.15, 0.2) is 12.1 Å². The van der Waals surface area contributed by atoms with Crippen molar-refractivity contribution in [3.63, 3.8) is 0 Å². The van der Waals surface area contributed by atoms with Crippen molar-refractivity contribution in [1.29, 1.82) is 0 Å². The van der Waals surface area contributed by atoms with Crippen molar-refractivity contribution in [3.8, 4) is 11.5 Å². The molecule has 0 bridgehead atoms. The molecule has 1 N–H and O–H groups in total. The van der Waals surface area contributed by atoms with Gasteiger partial charge >= 0.3 is 5.97 Å². The molecule has 0 spiro atoms. The number of aryl methyl sites for hydroxylation is 1. The van der Waals surface area contributed by atoms with E-state index in [9.17, 15) is 13.6 Å². The number of carboxylic acid groups (broad SMARTS) is 1. The van der Waals surface area contributed by atoms with E-state index in [1.807, 2.05) is 0 Å². The third kappa shape index (κ3) is 4.08. The van der Waals surface area contributed by atoms with Gasteiger partial charge in [-0.2, -0.15) is 0 Å². The van der Waals surface area contributed by atoms with Crippen LogP contribution >= 0.6 is 0 Å². The fraction of sp³-hybridized carbons (Fsp3) is 0.462. The Labute approximate surface area is 109 Å². The summed E-state index contributed by atoms with van der Waals surface area (Å²) < 4.78 is 35.7. The summed E-state index contributed by atoms with van der Waals surface area (Å²) in [4.78, 5) is 10.4. The van der Waals surface area contributed by atoms with Gasteiger partial charge in [-0.05, 0) is 24.5 Å². The maximum absolute atomic E-state index is 12.9. The number of hydrogen-bond acceptors (Lipinski definition) is 3. The molecule has 0 unspecified atom stereocenters. The zero-order valence-electron chi connectivity index (χ0n) is 10.8. The molecular formula is C13H16F2O4. The molecule has 106 valence electrons. The Morgan fingerprint density at radius 2 is 1.89 bits per heavy atom. The fourth-order valence-corrected chi connectivity index (χ4v) is 1.79. The molecule has 0 aliphatic rings. The maximum atomic E-state index is 12.9. The van der Waals surface area contributed by atoms with Gasteiger partial charge in [-0.3, -0.25) is 4.79 Å². The van der Waals surface area contributed by atoms with Crippen molar-refractivity contribution in [2.75, 3.05) is 14.2 Å². The molecule has 0 aliphatic heterocycles. The number of hydrogen-bond donors (Lipinski definition) is 1. The van der Waals surface area contributed by atoms with Gasteiger partial charge in [-0.15, -0.1) is 0 Å². The molecule has 1 aromatic rings. The minimum absolute atomic E-state index is 0.0147. The van der Waals surface area contributed by atoms with Crippen LogP contribution in [0.4, 0.5) is 8.78 Å². The topological polar surface area (TPSA) is 55.8 Å². The van der Waals surface area contributed by atoms with E-state index in [2.05, 4.69) is 0 Å². The predicted octanol–water partition coefficient (Wildman–Crippen LogP) is 3.05. The third-order valence-corrected chi connectivity index (χ3v) is 2.70. The van der Waals surface area contributed by atoms with E-state index < -0.39 is 12.4 Å². The second-order valence-electron chi connectivity index (χ2n) is 3.95. The van der Waals surface area contributed by atoms with Crippen molar-refractivity contribution >= 4 is 5.97 Å². The lowest BCUT2D eigenvalue weighted by atomic mass is 10.0. The Hall–Kier alpha value is -1.85. The van der Waals surface area contributed by atoms with E-state index in [1.165, 1.54) is 26.4 Å². The first-order chi connectivity index (χ1) is 8.99. The fourth-order valence-electron chi connectivity index (χ4n) is 1.79. The maximum Gasteiger partial charge on any atom is 0.303 e. The van der Waals surface area contributed by atoms with E-state index >= 15 is 0 Å². The lowest BCUT2D eigenvalue weighted by molar-refractivity contribution is -0.137. The summed E-state index contributed by atoms with van der Waals surface area (Å²) in [5.74, 6) is -0.429. The summed E-state index contributed by atoms with van der Waals surface area (Å²) in [7, 11) is 2.74. The second kappa shape index (κ2) is 6.92. The van der Waals surface area contributed by atoms with Gasteiger partial charge in [0.2, 0.25) is 0 Å². The average Bonchev–Trinajstić information content (AvgIpc) is 2.37. The molecular weight excluding hydrogens is 258 g/mol. The summed E-state index contributed by atoms with van der Waals surface area (Å²) in [6, 6.07) is 2.71. The van der Waals surface area contributed by atoms with E-state index in [4.69, 9.17) is 14.6 Å². The monoisotopic (exact) mass is 274 g/mol. The molecule has 0 fully saturated rings. The van der Waals surface area contributed by atoms with E-state index in [-0.39, 0.29) is 17.7 Å². The van der Waals surface area contributed by atoms with Gasteiger partial charge in [0.1, 0.15) is 11.5 Å². The van der Waals surface area contributed by atoms with Gasteiger partial charge in [0.25, 0.3) is 6.43 Å². The largest absolute Gasteiger partial charge is 0.496 e. The van der Waals surface area contributed by atoms with Crippen LogP contribution in [0.5, 0.6) is 11.5 Å². The highest BCUT2D eigenvalue weighted by Crippen LogP contribution is 2.35. The smallest absolute Gasteiger partial charge is 0.303 e. The zero-order chi connectivity index (χ0) is 14.4. The second-order valence-corrected chi connectivity index (χ2v) is 3.95. The van der Waals surface area contributed by atoms with Gasteiger partial charge in [0, 0.05) is 12.5 Å². The molecule has 0 radical (unpaired) electrons. The SMILES string of the molecule is COc1cc(OC)c(C(F)F)cc1CCCC(=O)O. The predicted molar refractivity (Wildman–Crippen MR) is 65.1 cm³/mol. The van der Waals surface area contributed by atoms with Crippen molar-refractivity contribution in [2.24, 2.45) is 0 Å². The van der Waals surface area contributed by atoms with E-state index in [0.717, 1.165) is 0 Å². The lowest BCUT2D eigenvalue weighted by Crippen LogP contribution is -2.01. The van der Waals surface area contributed by atoms with Crippen molar-refractivity contribution in [2.45, 2.75) is 25.7 Å². The molecule has 0 saturated heterocycles. The zero-order valence-corrected chi connectivity index (χ0v) is 10.8. The molecule has 6 heteroatoms. The number of halogens is 2. The number of carboxylic acids is 1. The van der Waals surface area contributed by atoms with Gasteiger partial charge in [-0.1, -0.05) is 0 Å². The van der Waals surface area contributed by atoms with E-state index in [1.54, 1.807) is 0 Å². The number of aliphatic carboxylic acids is 1. The molecule has 4 nitrogen and oxygen atoms in total. The number of benzene rings is 1. The molecule has 1 aromatic carbocycles. The normalized spacial score (nSPS) is 10.6. The first-order valence-corrected chi connectivity index (χ1v) is 5.74. The van der Waals surface area contributed by atoms with Crippen molar-refractivity contribution in [1.82, 2.24) is 0 Å². The van der Waals surface area contributed by atoms with Crippen LogP contribution in [0, 0.1) is 0 Å². The molecule has 0 amide bonds. The molecule has 0 saturated carbocycles. The Kier molecular flexibility index (Phi) is 5.54. The van der Waals surface area contributed by atoms with E-state index in [0.29, 0.717) is 24.2 Å². The van der Waals surface area contributed by atoms with Gasteiger partial charge < -0.3 is 14.6 Å². The Balaban J connectivity index is 3.00. The number of alkyl halides is 2. The van der Waals surface area contributed by atoms with Crippen LogP contribution in [-0.4, -0.2) is 25.3 Å². The quantitative estimate of drug-likeness (QED) is 0.830. The summed E-state index contributed by atoms with van der Waals surface area (Å²) >= 11 is 0.